The molecule has 1 aromatic heterocycles. The Morgan fingerprint density at radius 1 is 0.976 bits per heavy atom. The Bertz CT molecular complexity index is 1210. The van der Waals surface area contributed by atoms with Gasteiger partial charge in [-0.3, -0.25) is 9.69 Å². The molecule has 2 N–H and O–H groups in total. The highest BCUT2D eigenvalue weighted by molar-refractivity contribution is 7.89. The van der Waals surface area contributed by atoms with E-state index >= 15 is 0 Å². The van der Waals surface area contributed by atoms with Gasteiger partial charge < -0.3 is 10.2 Å². The maximum absolute atomic E-state index is 12.6. The van der Waals surface area contributed by atoms with Crippen molar-refractivity contribution in [1.82, 2.24) is 29.6 Å². The van der Waals surface area contributed by atoms with E-state index in [1.807, 2.05) is 42.7 Å². The summed E-state index contributed by atoms with van der Waals surface area (Å²) >= 11 is 0. The van der Waals surface area contributed by atoms with Gasteiger partial charge in [-0.15, -0.1) is 37.2 Å². The summed E-state index contributed by atoms with van der Waals surface area (Å²) in [6.45, 7) is 7.83. The van der Waals surface area contributed by atoms with E-state index in [-0.39, 0.29) is 54.1 Å². The van der Waals surface area contributed by atoms with Gasteiger partial charge in [0.25, 0.3) is 0 Å². The number of halogens is 3. The van der Waals surface area contributed by atoms with Gasteiger partial charge >= 0.3 is 0 Å². The average molecular weight is 668 g/mol. The summed E-state index contributed by atoms with van der Waals surface area (Å²) < 4.78 is 29.7. The lowest BCUT2D eigenvalue weighted by Crippen LogP contribution is -2.44. The molecule has 1 aliphatic heterocycles. The molecule has 1 saturated carbocycles. The quantitative estimate of drug-likeness (QED) is 0.362. The molecule has 2 aliphatic rings. The molecule has 0 radical (unpaired) electrons. The predicted octanol–water partition coefficient (Wildman–Crippen LogP) is 4.65. The Morgan fingerprint density at radius 3 is 2.19 bits per heavy atom. The zero-order valence-corrected chi connectivity index (χ0v) is 28.6. The minimum atomic E-state index is -3.55. The Balaban J connectivity index is 0.00000294. The van der Waals surface area contributed by atoms with Gasteiger partial charge in [-0.1, -0.05) is 19.3 Å². The minimum absolute atomic E-state index is 0. The normalized spacial score (nSPS) is 16.8. The molecule has 1 aromatic carbocycles. The molecule has 0 spiro atoms. The van der Waals surface area contributed by atoms with Gasteiger partial charge in [-0.2, -0.15) is 5.10 Å². The lowest BCUT2D eigenvalue weighted by molar-refractivity contribution is -0.123. The highest BCUT2D eigenvalue weighted by Crippen LogP contribution is 2.27. The average Bonchev–Trinajstić information content (AvgIpc) is 3.18. The van der Waals surface area contributed by atoms with Crippen LogP contribution in [0.5, 0.6) is 0 Å². The SMILES string of the molecule is Cc1nn(-c2ccc(S(=O)(=O)NCCN(C)C)cc2)c(C)c1CN1CCC(NC(=O)CC2CCCCC2)CC1.Cl.Cl.Cl. The van der Waals surface area contributed by atoms with Crippen molar-refractivity contribution in [2.45, 2.75) is 82.7 Å². The summed E-state index contributed by atoms with van der Waals surface area (Å²) in [5.74, 6) is 0.808. The first-order valence-electron chi connectivity index (χ1n) is 14.4. The first-order chi connectivity index (χ1) is 18.6. The molecule has 4 rings (SSSR count). The number of likely N-dealkylation sites (N-methyl/N-ethyl adjacent to an activating group) is 1. The van der Waals surface area contributed by atoms with Crippen LogP contribution in [0.2, 0.25) is 0 Å². The number of sulfonamides is 1. The Morgan fingerprint density at radius 2 is 1.60 bits per heavy atom. The highest BCUT2D eigenvalue weighted by atomic mass is 35.5. The first kappa shape index (κ1) is 38.6. The van der Waals surface area contributed by atoms with E-state index in [1.165, 1.54) is 37.7 Å². The van der Waals surface area contributed by atoms with E-state index in [2.05, 4.69) is 21.9 Å². The molecule has 2 aromatic rings. The Labute approximate surface area is 270 Å². The molecule has 42 heavy (non-hydrogen) atoms. The van der Waals surface area contributed by atoms with Crippen molar-refractivity contribution >= 4 is 53.2 Å². The number of benzene rings is 1. The van der Waals surface area contributed by atoms with Crippen LogP contribution in [-0.4, -0.2) is 80.2 Å². The first-order valence-corrected chi connectivity index (χ1v) is 15.9. The lowest BCUT2D eigenvalue weighted by atomic mass is 9.86. The zero-order valence-electron chi connectivity index (χ0n) is 25.3. The summed E-state index contributed by atoms with van der Waals surface area (Å²) in [7, 11) is 0.272. The highest BCUT2D eigenvalue weighted by Gasteiger charge is 2.25. The number of carbonyl (C=O) groups excluding carboxylic acids is 1. The number of nitrogens with one attached hydrogen (secondary N) is 2. The molecular weight excluding hydrogens is 619 g/mol. The number of nitrogens with zero attached hydrogens (tertiary/aromatic N) is 4. The van der Waals surface area contributed by atoms with Gasteiger partial charge in [-0.05, 0) is 83.8 Å². The van der Waals surface area contributed by atoms with Crippen LogP contribution in [0.4, 0.5) is 0 Å². The summed E-state index contributed by atoms with van der Waals surface area (Å²) in [4.78, 5) is 17.2. The van der Waals surface area contributed by atoms with E-state index in [4.69, 9.17) is 5.10 Å². The lowest BCUT2D eigenvalue weighted by Gasteiger charge is -2.33. The largest absolute Gasteiger partial charge is 0.353 e. The second-order valence-corrected chi connectivity index (χ2v) is 13.3. The molecule has 2 heterocycles. The third-order valence-electron chi connectivity index (χ3n) is 8.22. The smallest absolute Gasteiger partial charge is 0.240 e. The van der Waals surface area contributed by atoms with Gasteiger partial charge in [0.05, 0.1) is 16.3 Å². The van der Waals surface area contributed by atoms with E-state index in [9.17, 15) is 13.2 Å². The monoisotopic (exact) mass is 666 g/mol. The van der Waals surface area contributed by atoms with E-state index < -0.39 is 10.0 Å². The molecule has 1 aliphatic carbocycles. The van der Waals surface area contributed by atoms with Gasteiger partial charge in [-0.25, -0.2) is 17.8 Å². The Kier molecular flexibility index (Phi) is 16.4. The topological polar surface area (TPSA) is 99.6 Å². The van der Waals surface area contributed by atoms with E-state index in [1.54, 1.807) is 12.1 Å². The van der Waals surface area contributed by atoms with Crippen LogP contribution >= 0.6 is 37.2 Å². The van der Waals surface area contributed by atoms with Crippen LogP contribution in [0.25, 0.3) is 5.69 Å². The minimum Gasteiger partial charge on any atom is -0.353 e. The Hall–Kier alpha value is -1.40. The van der Waals surface area contributed by atoms with Crippen LogP contribution in [-0.2, 0) is 21.4 Å². The van der Waals surface area contributed by atoms with Gasteiger partial charge in [0.1, 0.15) is 0 Å². The van der Waals surface area contributed by atoms with E-state index in [0.717, 1.165) is 49.6 Å². The number of aromatic nitrogens is 2. The van der Waals surface area contributed by atoms with Gasteiger partial charge in [0.2, 0.25) is 15.9 Å². The standard InChI is InChI=1S/C29H46N6O3S.3ClH/c1-22-28(21-34-17-14-25(15-18-34)31-29(36)20-24-8-6-5-7-9-24)23(2)35(32-22)26-10-12-27(13-11-26)39(37,38)30-16-19-33(3)4;;;/h10-13,24-25,30H,5-9,14-21H2,1-4H3,(H,31,36);3*1H. The summed E-state index contributed by atoms with van der Waals surface area (Å²) in [5, 5.41) is 8.08. The second-order valence-electron chi connectivity index (χ2n) is 11.6. The molecule has 240 valence electrons. The van der Waals surface area contributed by atoms with Crippen LogP contribution in [0.3, 0.4) is 0 Å². The van der Waals surface area contributed by atoms with Crippen molar-refractivity contribution in [3.8, 4) is 5.69 Å². The summed E-state index contributed by atoms with van der Waals surface area (Å²) in [5.41, 5.74) is 4.10. The maximum atomic E-state index is 12.6. The molecule has 2 fully saturated rings. The fourth-order valence-electron chi connectivity index (χ4n) is 5.81. The van der Waals surface area contributed by atoms with Crippen LogP contribution in [0.15, 0.2) is 29.2 Å². The van der Waals surface area contributed by atoms with E-state index in [0.29, 0.717) is 25.4 Å². The number of likely N-dealkylation sites (tertiary alicyclic amines) is 1. The number of aryl methyl sites for hydroxylation is 1. The number of piperidine rings is 1. The summed E-state index contributed by atoms with van der Waals surface area (Å²) in [6, 6.07) is 7.17. The number of carbonyl (C=O) groups is 1. The van der Waals surface area contributed by atoms with Crippen molar-refractivity contribution in [1.29, 1.82) is 0 Å². The molecule has 0 atom stereocenters. The van der Waals surface area contributed by atoms with Crippen molar-refractivity contribution in [3.05, 3.63) is 41.2 Å². The van der Waals surface area contributed by atoms with Crippen molar-refractivity contribution in [2.75, 3.05) is 40.3 Å². The number of hydrogen-bond acceptors (Lipinski definition) is 6. The molecule has 1 saturated heterocycles. The molecule has 0 unspecified atom stereocenters. The fourth-order valence-corrected chi connectivity index (χ4v) is 6.83. The maximum Gasteiger partial charge on any atom is 0.240 e. The second kappa shape index (κ2) is 17.8. The van der Waals surface area contributed by atoms with Crippen LogP contribution in [0.1, 0.15) is 68.3 Å². The third kappa shape index (κ3) is 10.6. The van der Waals surface area contributed by atoms with Crippen molar-refractivity contribution in [3.63, 3.8) is 0 Å². The van der Waals surface area contributed by atoms with Crippen molar-refractivity contribution < 1.29 is 13.2 Å². The van der Waals surface area contributed by atoms with Gasteiger partial charge in [0.15, 0.2) is 0 Å². The van der Waals surface area contributed by atoms with Crippen LogP contribution < -0.4 is 10.0 Å². The zero-order chi connectivity index (χ0) is 28.0. The van der Waals surface area contributed by atoms with Crippen molar-refractivity contribution in [2.24, 2.45) is 5.92 Å². The third-order valence-corrected chi connectivity index (χ3v) is 9.69. The van der Waals surface area contributed by atoms with Crippen LogP contribution in [0, 0.1) is 19.8 Å². The molecule has 0 bridgehead atoms. The molecule has 13 heteroatoms. The molecular formula is C29H49Cl3N6O3S. The fraction of sp³-hybridized carbons (Fsp3) is 0.655. The predicted molar refractivity (Wildman–Crippen MR) is 176 cm³/mol. The molecule has 1 amide bonds. The number of rotatable bonds is 11. The summed E-state index contributed by atoms with van der Waals surface area (Å²) in [6.07, 6.45) is 8.91. The number of hydrogen-bond donors (Lipinski definition) is 2. The van der Waals surface area contributed by atoms with Gasteiger partial charge in [0, 0.05) is 56.4 Å². The number of amides is 1. The molecule has 9 nitrogen and oxygen atoms in total.